The maximum absolute atomic E-state index is 12.4. The lowest BCUT2D eigenvalue weighted by Crippen LogP contribution is -2.19. The molecule has 2 heterocycles. The van der Waals surface area contributed by atoms with Crippen molar-refractivity contribution in [3.63, 3.8) is 0 Å². The van der Waals surface area contributed by atoms with Crippen LogP contribution in [0.2, 0.25) is 0 Å². The van der Waals surface area contributed by atoms with Crippen LogP contribution in [0.25, 0.3) is 10.9 Å². The molecular weight excluding hydrogens is 380 g/mol. The van der Waals surface area contributed by atoms with Crippen LogP contribution in [0.4, 0.5) is 14.5 Å². The lowest BCUT2D eigenvalue weighted by molar-refractivity contribution is -0.104. The van der Waals surface area contributed by atoms with Crippen LogP contribution in [0.15, 0.2) is 57.9 Å². The molecule has 3 rings (SSSR count). The van der Waals surface area contributed by atoms with E-state index in [2.05, 4.69) is 21.1 Å². The van der Waals surface area contributed by atoms with Gasteiger partial charge in [-0.15, -0.1) is 6.42 Å². The second-order valence-corrected chi connectivity index (χ2v) is 6.06. The molecule has 0 aliphatic carbocycles. The van der Waals surface area contributed by atoms with Gasteiger partial charge in [0.2, 0.25) is 5.90 Å². The maximum atomic E-state index is 12.4. The Labute approximate surface area is 165 Å². The Balaban J connectivity index is 1.95. The predicted molar refractivity (Wildman–Crippen MR) is 107 cm³/mol. The van der Waals surface area contributed by atoms with Crippen molar-refractivity contribution in [2.24, 2.45) is 17.1 Å². The second kappa shape index (κ2) is 8.48. The summed E-state index contributed by atoms with van der Waals surface area (Å²) in [7, 11) is 3.55. The first-order valence-electron chi connectivity index (χ1n) is 8.51. The Hall–Kier alpha value is -3.80. The minimum absolute atomic E-state index is 0.0673. The van der Waals surface area contributed by atoms with E-state index >= 15 is 0 Å². The number of aromatic nitrogens is 2. The molecule has 0 amide bonds. The number of nitrogens with zero attached hydrogens (tertiary/aromatic N) is 5. The molecular formula is C20H17F2N5O2. The van der Waals surface area contributed by atoms with E-state index in [-0.39, 0.29) is 17.2 Å². The highest BCUT2D eigenvalue weighted by Crippen LogP contribution is 2.22. The molecule has 1 aliphatic rings. The molecule has 0 saturated heterocycles. The van der Waals surface area contributed by atoms with E-state index < -0.39 is 13.0 Å². The number of rotatable bonds is 5. The van der Waals surface area contributed by atoms with Crippen LogP contribution in [0, 0.1) is 12.3 Å². The Kier molecular flexibility index (Phi) is 5.83. The molecule has 0 unspecified atom stereocenters. The topological polar surface area (TPSA) is 72.1 Å². The Morgan fingerprint density at radius 3 is 2.93 bits per heavy atom. The first kappa shape index (κ1) is 19.9. The number of allylic oxidation sites excluding steroid dienone is 2. The van der Waals surface area contributed by atoms with Crippen LogP contribution in [-0.4, -0.2) is 47.8 Å². The number of aryl methyl sites for hydroxylation is 1. The van der Waals surface area contributed by atoms with Crippen molar-refractivity contribution >= 4 is 34.5 Å². The highest BCUT2D eigenvalue weighted by atomic mass is 19.3. The molecule has 0 atom stereocenters. The number of terminal acetylenes is 1. The largest absolute Gasteiger partial charge is 0.472 e. The zero-order valence-electron chi connectivity index (χ0n) is 15.7. The van der Waals surface area contributed by atoms with Crippen molar-refractivity contribution in [2.75, 3.05) is 18.7 Å². The molecule has 9 heteroatoms. The fourth-order valence-corrected chi connectivity index (χ4v) is 2.66. The monoisotopic (exact) mass is 397 g/mol. The summed E-state index contributed by atoms with van der Waals surface area (Å²) in [4.78, 5) is 15.4. The Morgan fingerprint density at radius 2 is 2.24 bits per heavy atom. The maximum Gasteiger partial charge on any atom is 0.272 e. The summed E-state index contributed by atoms with van der Waals surface area (Å²) in [6.07, 6.45) is 7.96. The van der Waals surface area contributed by atoms with Gasteiger partial charge in [-0.1, -0.05) is 5.92 Å². The van der Waals surface area contributed by atoms with E-state index in [0.717, 1.165) is 16.6 Å². The van der Waals surface area contributed by atoms with E-state index in [4.69, 9.17) is 11.2 Å². The molecule has 0 N–H and O–H groups in total. The summed E-state index contributed by atoms with van der Waals surface area (Å²) in [5.74, 6) is 2.16. The molecule has 1 aromatic carbocycles. The zero-order valence-corrected chi connectivity index (χ0v) is 15.7. The number of hydrogen-bond donors (Lipinski definition) is 0. The number of hydrazone groups is 1. The lowest BCUT2D eigenvalue weighted by Gasteiger charge is -2.17. The minimum atomic E-state index is -2.65. The van der Waals surface area contributed by atoms with Gasteiger partial charge in [0.15, 0.2) is 12.9 Å². The Morgan fingerprint density at radius 1 is 1.45 bits per heavy atom. The predicted octanol–water partition coefficient (Wildman–Crippen LogP) is 2.70. The van der Waals surface area contributed by atoms with Crippen LogP contribution < -0.4 is 5.01 Å². The quantitative estimate of drug-likeness (QED) is 0.337. The van der Waals surface area contributed by atoms with Crippen LogP contribution in [-0.2, 0) is 16.6 Å². The molecule has 7 nitrogen and oxygen atoms in total. The molecule has 0 spiro atoms. The number of carbonyl (C=O) groups is 1. The molecule has 0 fully saturated rings. The molecule has 0 radical (unpaired) electrons. The number of ether oxygens (including phenoxy) is 1. The van der Waals surface area contributed by atoms with E-state index in [1.165, 1.54) is 12.2 Å². The molecule has 0 saturated carbocycles. The second-order valence-electron chi connectivity index (χ2n) is 6.06. The lowest BCUT2D eigenvalue weighted by atomic mass is 10.1. The number of benzene rings is 1. The normalized spacial score (nSPS) is 16.7. The highest BCUT2D eigenvalue weighted by molar-refractivity contribution is 6.18. The third-order valence-electron chi connectivity index (χ3n) is 3.97. The fraction of sp³-hybridized carbons (Fsp3) is 0.200. The van der Waals surface area contributed by atoms with Crippen LogP contribution >= 0.6 is 0 Å². The van der Waals surface area contributed by atoms with Gasteiger partial charge < -0.3 is 4.74 Å². The highest BCUT2D eigenvalue weighted by Gasteiger charge is 2.18. The van der Waals surface area contributed by atoms with Crippen LogP contribution in [0.3, 0.4) is 0 Å². The number of aliphatic imine (C=N–C) groups is 1. The standard InChI is InChI=1S/C20H17F2N5O2/c1-4-13(11-28)20-17(7-8-19(23-20)29-12-18(21)22)25-27(3)15-5-6-16-14(9-15)10-26(2)24-16/h1,5-11,18H,12H2,2-3H3/b20-13+,25-17-. The Bertz CT molecular complexity index is 1110. The minimum Gasteiger partial charge on any atom is -0.472 e. The van der Waals surface area contributed by atoms with Gasteiger partial charge in [0, 0.05) is 31.8 Å². The number of fused-ring (bicyclic) bond motifs is 1. The smallest absolute Gasteiger partial charge is 0.272 e. The number of alkyl halides is 2. The van der Waals surface area contributed by atoms with E-state index in [1.54, 1.807) is 16.7 Å². The van der Waals surface area contributed by atoms with E-state index in [0.29, 0.717) is 12.0 Å². The van der Waals surface area contributed by atoms with Crippen LogP contribution in [0.1, 0.15) is 0 Å². The summed E-state index contributed by atoms with van der Waals surface area (Å²) >= 11 is 0. The number of halogens is 2. The van der Waals surface area contributed by atoms with Gasteiger partial charge in [0.05, 0.1) is 16.8 Å². The third-order valence-corrected chi connectivity index (χ3v) is 3.97. The molecule has 29 heavy (non-hydrogen) atoms. The summed E-state index contributed by atoms with van der Waals surface area (Å²) in [5, 5.41) is 11.3. The molecule has 2 aromatic rings. The van der Waals surface area contributed by atoms with E-state index in [9.17, 15) is 13.6 Å². The average Bonchev–Trinajstić information content (AvgIpc) is 3.07. The number of hydrogen-bond acceptors (Lipinski definition) is 6. The van der Waals surface area contributed by atoms with Gasteiger partial charge in [-0.3, -0.25) is 14.5 Å². The first-order valence-corrected chi connectivity index (χ1v) is 8.51. The van der Waals surface area contributed by atoms with Crippen molar-refractivity contribution in [1.29, 1.82) is 0 Å². The summed E-state index contributed by atoms with van der Waals surface area (Å²) in [5.41, 5.74) is 1.91. The number of dihydropyridines is 1. The van der Waals surface area contributed by atoms with Gasteiger partial charge in [-0.2, -0.15) is 10.2 Å². The van der Waals surface area contributed by atoms with Crippen molar-refractivity contribution in [3.8, 4) is 12.3 Å². The van der Waals surface area contributed by atoms with Gasteiger partial charge in [-0.05, 0) is 24.3 Å². The first-order chi connectivity index (χ1) is 13.9. The van der Waals surface area contributed by atoms with Crippen molar-refractivity contribution in [1.82, 2.24) is 9.78 Å². The summed E-state index contributed by atoms with van der Waals surface area (Å²) in [6, 6.07) is 5.61. The summed E-state index contributed by atoms with van der Waals surface area (Å²) < 4.78 is 31.4. The van der Waals surface area contributed by atoms with Crippen LogP contribution in [0.5, 0.6) is 0 Å². The average molecular weight is 397 g/mol. The number of carbonyl (C=O) groups excluding carboxylic acids is 1. The van der Waals surface area contributed by atoms with Crippen molar-refractivity contribution in [3.05, 3.63) is 47.8 Å². The SMILES string of the molecule is C#C/C(C=O)=C1\N=C(OCC(F)F)C=C\C1=N\N(C)c1ccc2nn(C)cc2c1. The molecule has 1 aliphatic heterocycles. The van der Waals surface area contributed by atoms with Gasteiger partial charge >= 0.3 is 0 Å². The molecule has 0 bridgehead atoms. The van der Waals surface area contributed by atoms with Gasteiger partial charge in [0.1, 0.15) is 11.4 Å². The third kappa shape index (κ3) is 4.55. The fourth-order valence-electron chi connectivity index (χ4n) is 2.66. The van der Waals surface area contributed by atoms with Crippen molar-refractivity contribution < 1.29 is 18.3 Å². The molecule has 1 aromatic heterocycles. The van der Waals surface area contributed by atoms with Gasteiger partial charge in [0.25, 0.3) is 6.43 Å². The van der Waals surface area contributed by atoms with Crippen molar-refractivity contribution in [2.45, 2.75) is 6.43 Å². The van der Waals surface area contributed by atoms with E-state index in [1.807, 2.05) is 31.4 Å². The number of anilines is 1. The zero-order chi connectivity index (χ0) is 21.0. The summed E-state index contributed by atoms with van der Waals surface area (Å²) in [6.45, 7) is -0.819. The number of aldehydes is 1. The van der Waals surface area contributed by atoms with Gasteiger partial charge in [-0.25, -0.2) is 13.8 Å². The molecule has 148 valence electrons.